The Balaban J connectivity index is 2.85. The third-order valence-electron chi connectivity index (χ3n) is 3.89. The van der Waals surface area contributed by atoms with Gasteiger partial charge in [-0.3, -0.25) is 19.2 Å². The number of hydrogen-bond donors (Lipinski definition) is 6. The molecule has 1 rings (SSSR count). The topological polar surface area (TPSA) is 194 Å². The smallest absolute Gasteiger partial charge is 0.326 e. The molecule has 3 unspecified atom stereocenters. The summed E-state index contributed by atoms with van der Waals surface area (Å²) in [5.74, 6) is -4.40. The summed E-state index contributed by atoms with van der Waals surface area (Å²) in [4.78, 5) is 58.8. The standard InChI is InChI=1S/C18H25N5O6/c1-10(21-15(25)9-19)16(26)22-12(8-14(20)24)17(27)23-13(18(28)29)7-11-5-3-2-4-6-11/h2-6,10,12-13H,7-9,19H2,1H3,(H2,20,24)(H,21,25)(H,22,26)(H,23,27)(H,28,29). The number of aliphatic carboxylic acids is 1. The van der Waals surface area contributed by atoms with Crippen LogP contribution in [0.1, 0.15) is 18.9 Å². The second-order valence-electron chi connectivity index (χ2n) is 6.31. The zero-order chi connectivity index (χ0) is 22.0. The summed E-state index contributed by atoms with van der Waals surface area (Å²) in [6.07, 6.45) is -0.547. The first kappa shape index (κ1) is 23.6. The van der Waals surface area contributed by atoms with Gasteiger partial charge >= 0.3 is 5.97 Å². The lowest BCUT2D eigenvalue weighted by atomic mass is 10.0. The molecule has 1 aromatic carbocycles. The molecule has 3 atom stereocenters. The van der Waals surface area contributed by atoms with Crippen LogP contribution in [-0.4, -0.2) is 59.4 Å². The Labute approximate surface area is 167 Å². The van der Waals surface area contributed by atoms with Gasteiger partial charge in [0.15, 0.2) is 0 Å². The Morgan fingerprint density at radius 3 is 2.07 bits per heavy atom. The number of amides is 4. The van der Waals surface area contributed by atoms with E-state index in [0.717, 1.165) is 0 Å². The van der Waals surface area contributed by atoms with E-state index >= 15 is 0 Å². The van der Waals surface area contributed by atoms with Crippen LogP contribution < -0.4 is 27.4 Å². The molecule has 29 heavy (non-hydrogen) atoms. The Kier molecular flexibility index (Phi) is 9.26. The minimum atomic E-state index is -1.41. The first-order valence-corrected chi connectivity index (χ1v) is 8.79. The molecule has 0 fully saturated rings. The van der Waals surface area contributed by atoms with Gasteiger partial charge < -0.3 is 32.5 Å². The average Bonchev–Trinajstić information content (AvgIpc) is 2.66. The highest BCUT2D eigenvalue weighted by Gasteiger charge is 2.29. The third kappa shape index (κ3) is 8.39. The highest BCUT2D eigenvalue weighted by atomic mass is 16.4. The lowest BCUT2D eigenvalue weighted by Crippen LogP contribution is -2.56. The number of primary amides is 1. The van der Waals surface area contributed by atoms with Crippen molar-refractivity contribution >= 4 is 29.6 Å². The Morgan fingerprint density at radius 2 is 1.55 bits per heavy atom. The Hall–Kier alpha value is -3.47. The normalized spacial score (nSPS) is 13.4. The van der Waals surface area contributed by atoms with E-state index < -0.39 is 54.1 Å². The van der Waals surface area contributed by atoms with Gasteiger partial charge in [0.1, 0.15) is 18.1 Å². The van der Waals surface area contributed by atoms with Gasteiger partial charge in [0, 0.05) is 6.42 Å². The van der Waals surface area contributed by atoms with E-state index in [2.05, 4.69) is 16.0 Å². The fourth-order valence-corrected chi connectivity index (χ4v) is 2.40. The summed E-state index contributed by atoms with van der Waals surface area (Å²) in [6.45, 7) is 1.03. The SMILES string of the molecule is CC(NC(=O)CN)C(=O)NC(CC(N)=O)C(=O)NC(Cc1ccccc1)C(=O)O. The lowest BCUT2D eigenvalue weighted by Gasteiger charge is -2.22. The van der Waals surface area contributed by atoms with Crippen molar-refractivity contribution in [2.75, 3.05) is 6.54 Å². The van der Waals surface area contributed by atoms with Crippen LogP contribution in [0.3, 0.4) is 0 Å². The molecule has 0 radical (unpaired) electrons. The molecule has 0 saturated carbocycles. The maximum Gasteiger partial charge on any atom is 0.326 e. The zero-order valence-electron chi connectivity index (χ0n) is 15.9. The van der Waals surface area contributed by atoms with Gasteiger partial charge in [-0.05, 0) is 12.5 Å². The number of hydrogen-bond acceptors (Lipinski definition) is 6. The monoisotopic (exact) mass is 407 g/mol. The molecule has 0 heterocycles. The molecule has 1 aromatic rings. The number of carbonyl (C=O) groups is 5. The summed E-state index contributed by atoms with van der Waals surface area (Å²) < 4.78 is 0. The highest BCUT2D eigenvalue weighted by Crippen LogP contribution is 2.05. The van der Waals surface area contributed by atoms with E-state index in [1.807, 2.05) is 0 Å². The molecule has 0 saturated heterocycles. The zero-order valence-corrected chi connectivity index (χ0v) is 15.9. The Bertz CT molecular complexity index is 754. The van der Waals surface area contributed by atoms with Crippen LogP contribution >= 0.6 is 0 Å². The molecular weight excluding hydrogens is 382 g/mol. The summed E-state index contributed by atoms with van der Waals surface area (Å²) in [5, 5.41) is 16.3. The maximum atomic E-state index is 12.5. The second kappa shape index (κ2) is 11.4. The number of nitrogens with one attached hydrogen (secondary N) is 3. The summed E-state index contributed by atoms with van der Waals surface area (Å²) in [6, 6.07) is 4.89. The van der Waals surface area contributed by atoms with Gasteiger partial charge in [0.05, 0.1) is 13.0 Å². The fourth-order valence-electron chi connectivity index (χ4n) is 2.40. The van der Waals surface area contributed by atoms with Crippen molar-refractivity contribution in [2.24, 2.45) is 11.5 Å². The molecule has 11 heteroatoms. The number of rotatable bonds is 11. The van der Waals surface area contributed by atoms with Crippen LogP contribution in [0.2, 0.25) is 0 Å². The van der Waals surface area contributed by atoms with Crippen LogP contribution in [-0.2, 0) is 30.4 Å². The molecule has 0 aliphatic heterocycles. The molecule has 0 aliphatic carbocycles. The molecule has 4 amide bonds. The van der Waals surface area contributed by atoms with Crippen molar-refractivity contribution in [1.82, 2.24) is 16.0 Å². The van der Waals surface area contributed by atoms with Gasteiger partial charge in [-0.1, -0.05) is 30.3 Å². The summed E-state index contributed by atoms with van der Waals surface area (Å²) >= 11 is 0. The molecule has 0 bridgehead atoms. The maximum absolute atomic E-state index is 12.5. The van der Waals surface area contributed by atoms with Gasteiger partial charge in [-0.2, -0.15) is 0 Å². The molecule has 8 N–H and O–H groups in total. The predicted molar refractivity (Wildman–Crippen MR) is 102 cm³/mol. The predicted octanol–water partition coefficient (Wildman–Crippen LogP) is -2.38. The first-order valence-electron chi connectivity index (χ1n) is 8.79. The summed E-state index contributed by atoms with van der Waals surface area (Å²) in [7, 11) is 0. The van der Waals surface area contributed by atoms with Gasteiger partial charge in [0.2, 0.25) is 23.6 Å². The van der Waals surface area contributed by atoms with Crippen molar-refractivity contribution < 1.29 is 29.1 Å². The van der Waals surface area contributed by atoms with Crippen LogP contribution in [0.25, 0.3) is 0 Å². The molecule has 0 aromatic heterocycles. The van der Waals surface area contributed by atoms with Crippen LogP contribution in [0, 0.1) is 0 Å². The minimum Gasteiger partial charge on any atom is -0.480 e. The number of carboxylic acid groups (broad SMARTS) is 1. The van der Waals surface area contributed by atoms with Crippen molar-refractivity contribution in [2.45, 2.75) is 37.9 Å². The van der Waals surface area contributed by atoms with Gasteiger partial charge in [-0.25, -0.2) is 4.79 Å². The van der Waals surface area contributed by atoms with Crippen molar-refractivity contribution in [3.63, 3.8) is 0 Å². The number of carbonyl (C=O) groups excluding carboxylic acids is 4. The number of nitrogens with two attached hydrogens (primary N) is 2. The van der Waals surface area contributed by atoms with E-state index in [0.29, 0.717) is 5.56 Å². The van der Waals surface area contributed by atoms with Crippen LogP contribution in [0.4, 0.5) is 0 Å². The van der Waals surface area contributed by atoms with E-state index in [4.69, 9.17) is 11.5 Å². The van der Waals surface area contributed by atoms with Gasteiger partial charge in [-0.15, -0.1) is 0 Å². The van der Waals surface area contributed by atoms with Crippen LogP contribution in [0.15, 0.2) is 30.3 Å². The molecular formula is C18H25N5O6. The summed E-state index contributed by atoms with van der Waals surface area (Å²) in [5.41, 5.74) is 11.0. The lowest BCUT2D eigenvalue weighted by molar-refractivity contribution is -0.142. The molecule has 158 valence electrons. The van der Waals surface area contributed by atoms with Gasteiger partial charge in [0.25, 0.3) is 0 Å². The fraction of sp³-hybridized carbons (Fsp3) is 0.389. The minimum absolute atomic E-state index is 0.00209. The largest absolute Gasteiger partial charge is 0.480 e. The third-order valence-corrected chi connectivity index (χ3v) is 3.89. The van der Waals surface area contributed by atoms with Crippen molar-refractivity contribution in [3.8, 4) is 0 Å². The number of carboxylic acids is 1. The molecule has 11 nitrogen and oxygen atoms in total. The Morgan fingerprint density at radius 1 is 0.966 bits per heavy atom. The van der Waals surface area contributed by atoms with E-state index in [-0.39, 0.29) is 13.0 Å². The van der Waals surface area contributed by atoms with Crippen LogP contribution in [0.5, 0.6) is 0 Å². The number of benzene rings is 1. The molecule has 0 spiro atoms. The van der Waals surface area contributed by atoms with Crippen molar-refractivity contribution in [3.05, 3.63) is 35.9 Å². The first-order chi connectivity index (χ1) is 13.6. The van der Waals surface area contributed by atoms with E-state index in [9.17, 15) is 29.1 Å². The van der Waals surface area contributed by atoms with E-state index in [1.54, 1.807) is 30.3 Å². The van der Waals surface area contributed by atoms with Crippen molar-refractivity contribution in [1.29, 1.82) is 0 Å². The molecule has 0 aliphatic rings. The quantitative estimate of drug-likeness (QED) is 0.236. The highest BCUT2D eigenvalue weighted by molar-refractivity contribution is 5.95. The second-order valence-corrected chi connectivity index (χ2v) is 6.31. The average molecular weight is 407 g/mol. The van der Waals surface area contributed by atoms with E-state index in [1.165, 1.54) is 6.92 Å².